The highest BCUT2D eigenvalue weighted by molar-refractivity contribution is 6.37. The van der Waals surface area contributed by atoms with E-state index in [9.17, 15) is 18.0 Å². The number of amides is 1. The Labute approximate surface area is 227 Å². The molecule has 1 aromatic heterocycles. The van der Waals surface area contributed by atoms with E-state index in [-0.39, 0.29) is 11.2 Å². The van der Waals surface area contributed by atoms with Crippen LogP contribution in [0.4, 0.5) is 18.0 Å². The molecular formula is C27H24Cl2F3N3O3. The van der Waals surface area contributed by atoms with E-state index in [1.807, 2.05) is 36.4 Å². The molecule has 0 bridgehead atoms. The zero-order valence-electron chi connectivity index (χ0n) is 20.2. The highest BCUT2D eigenvalue weighted by Crippen LogP contribution is 2.44. The number of hydrogen-bond donors (Lipinski definition) is 0. The van der Waals surface area contributed by atoms with E-state index < -0.39 is 17.8 Å². The molecule has 1 spiro atoms. The van der Waals surface area contributed by atoms with Crippen molar-refractivity contribution in [2.75, 3.05) is 26.2 Å². The Morgan fingerprint density at radius 2 is 1.71 bits per heavy atom. The number of pyridine rings is 1. The van der Waals surface area contributed by atoms with Crippen molar-refractivity contribution < 1.29 is 27.4 Å². The molecule has 3 aromatic rings. The maximum atomic E-state index is 12.9. The SMILES string of the molecule is O=C(Oc1cncc(C(F)(F)F)c1)N1CCC2(CC1)CN(Cc1ccc(Cl)c(Oc3ccccc3)c1Cl)C2. The van der Waals surface area contributed by atoms with Crippen LogP contribution in [0.1, 0.15) is 24.0 Å². The monoisotopic (exact) mass is 565 g/mol. The zero-order valence-corrected chi connectivity index (χ0v) is 21.7. The van der Waals surface area contributed by atoms with Crippen molar-refractivity contribution in [3.8, 4) is 17.2 Å². The normalized spacial score (nSPS) is 17.2. The summed E-state index contributed by atoms with van der Waals surface area (Å²) in [4.78, 5) is 19.9. The Bertz CT molecular complexity index is 1310. The fraction of sp³-hybridized carbons (Fsp3) is 0.333. The first-order valence-corrected chi connectivity index (χ1v) is 12.8. The number of rotatable bonds is 5. The van der Waals surface area contributed by atoms with Crippen LogP contribution in [0.2, 0.25) is 10.0 Å². The molecule has 3 heterocycles. The van der Waals surface area contributed by atoms with E-state index in [0.29, 0.717) is 47.4 Å². The number of para-hydroxylation sites is 1. The molecule has 0 unspecified atom stereocenters. The molecule has 11 heteroatoms. The van der Waals surface area contributed by atoms with Crippen LogP contribution >= 0.6 is 23.2 Å². The van der Waals surface area contributed by atoms with E-state index >= 15 is 0 Å². The molecule has 1 amide bonds. The first-order chi connectivity index (χ1) is 18.1. The van der Waals surface area contributed by atoms with Crippen LogP contribution in [0.25, 0.3) is 0 Å². The Kier molecular flexibility index (Phi) is 7.44. The van der Waals surface area contributed by atoms with Gasteiger partial charge in [0.15, 0.2) is 11.5 Å². The predicted octanol–water partition coefficient (Wildman–Crippen LogP) is 7.30. The number of halogens is 5. The van der Waals surface area contributed by atoms with Gasteiger partial charge >= 0.3 is 12.3 Å². The van der Waals surface area contributed by atoms with E-state index in [1.54, 1.807) is 6.07 Å². The van der Waals surface area contributed by atoms with E-state index in [0.717, 1.165) is 43.8 Å². The Morgan fingerprint density at radius 3 is 2.39 bits per heavy atom. The molecule has 2 saturated heterocycles. The number of piperidine rings is 1. The van der Waals surface area contributed by atoms with Gasteiger partial charge in [-0.15, -0.1) is 0 Å². The number of ether oxygens (including phenoxy) is 2. The van der Waals surface area contributed by atoms with Gasteiger partial charge in [-0.1, -0.05) is 47.5 Å². The van der Waals surface area contributed by atoms with Crippen LogP contribution in [-0.4, -0.2) is 47.1 Å². The second-order valence-corrected chi connectivity index (χ2v) is 10.5. The fourth-order valence-electron chi connectivity index (χ4n) is 4.93. The summed E-state index contributed by atoms with van der Waals surface area (Å²) >= 11 is 13.0. The first kappa shape index (κ1) is 26.6. The number of benzene rings is 2. The predicted molar refractivity (Wildman–Crippen MR) is 137 cm³/mol. The molecule has 6 nitrogen and oxygen atoms in total. The van der Waals surface area contributed by atoms with Gasteiger partial charge in [-0.05, 0) is 48.1 Å². The minimum atomic E-state index is -4.56. The molecule has 5 rings (SSSR count). The van der Waals surface area contributed by atoms with Gasteiger partial charge in [0.2, 0.25) is 0 Å². The van der Waals surface area contributed by atoms with Gasteiger partial charge in [0.05, 0.1) is 21.8 Å². The minimum absolute atomic E-state index is 0.0802. The van der Waals surface area contributed by atoms with E-state index in [2.05, 4.69) is 9.88 Å². The van der Waals surface area contributed by atoms with Gasteiger partial charge < -0.3 is 14.4 Å². The van der Waals surface area contributed by atoms with Gasteiger partial charge in [-0.3, -0.25) is 9.88 Å². The fourth-order valence-corrected chi connectivity index (χ4v) is 5.43. The number of nitrogens with zero attached hydrogens (tertiary/aromatic N) is 3. The molecule has 2 aliphatic rings. The summed E-state index contributed by atoms with van der Waals surface area (Å²) in [5.41, 5.74) is 0.0265. The molecular weight excluding hydrogens is 542 g/mol. The van der Waals surface area contributed by atoms with Crippen molar-refractivity contribution in [2.45, 2.75) is 25.6 Å². The number of hydrogen-bond acceptors (Lipinski definition) is 5. The van der Waals surface area contributed by atoms with Crippen LogP contribution in [-0.2, 0) is 12.7 Å². The lowest BCUT2D eigenvalue weighted by molar-refractivity contribution is -0.137. The number of alkyl halides is 3. The molecule has 38 heavy (non-hydrogen) atoms. The van der Waals surface area contributed by atoms with Crippen LogP contribution in [0.5, 0.6) is 17.2 Å². The van der Waals surface area contributed by atoms with Gasteiger partial charge in [0, 0.05) is 38.9 Å². The molecule has 0 atom stereocenters. The van der Waals surface area contributed by atoms with Crippen LogP contribution < -0.4 is 9.47 Å². The molecule has 0 aliphatic carbocycles. The summed E-state index contributed by atoms with van der Waals surface area (Å²) < 4.78 is 49.8. The topological polar surface area (TPSA) is 54.9 Å². The highest BCUT2D eigenvalue weighted by Gasteiger charge is 2.45. The lowest BCUT2D eigenvalue weighted by atomic mass is 9.72. The minimum Gasteiger partial charge on any atom is -0.454 e. The summed E-state index contributed by atoms with van der Waals surface area (Å²) in [6.07, 6.45) is -1.89. The second kappa shape index (κ2) is 10.6. The quantitative estimate of drug-likeness (QED) is 0.325. The van der Waals surface area contributed by atoms with Gasteiger partial charge in [-0.2, -0.15) is 13.2 Å². The second-order valence-electron chi connectivity index (χ2n) is 9.67. The van der Waals surface area contributed by atoms with Crippen LogP contribution in [0, 0.1) is 5.41 Å². The molecule has 2 aromatic carbocycles. The largest absolute Gasteiger partial charge is 0.454 e. The average molecular weight is 566 g/mol. The van der Waals surface area contributed by atoms with Gasteiger partial charge in [0.25, 0.3) is 0 Å². The summed E-state index contributed by atoms with van der Waals surface area (Å²) in [5, 5.41) is 0.909. The van der Waals surface area contributed by atoms with Crippen LogP contribution in [0.15, 0.2) is 60.9 Å². The van der Waals surface area contributed by atoms with Crippen LogP contribution in [0.3, 0.4) is 0 Å². The lowest BCUT2D eigenvalue weighted by Crippen LogP contribution is -2.60. The molecule has 200 valence electrons. The first-order valence-electron chi connectivity index (χ1n) is 12.0. The maximum absolute atomic E-state index is 12.9. The summed E-state index contributed by atoms with van der Waals surface area (Å²) in [6, 6.07) is 13.7. The molecule has 0 radical (unpaired) electrons. The van der Waals surface area contributed by atoms with Crippen molar-refractivity contribution in [1.82, 2.24) is 14.8 Å². The molecule has 2 aliphatic heterocycles. The number of carbonyl (C=O) groups is 1. The van der Waals surface area contributed by atoms with E-state index in [4.69, 9.17) is 32.7 Å². The van der Waals surface area contributed by atoms with Crippen molar-refractivity contribution >= 4 is 29.3 Å². The number of aromatic nitrogens is 1. The Hall–Kier alpha value is -3.01. The molecule has 2 fully saturated rings. The van der Waals surface area contributed by atoms with Crippen molar-refractivity contribution in [1.29, 1.82) is 0 Å². The average Bonchev–Trinajstić information content (AvgIpc) is 2.88. The zero-order chi connectivity index (χ0) is 26.9. The molecule has 0 N–H and O–H groups in total. The van der Waals surface area contributed by atoms with Gasteiger partial charge in [0.1, 0.15) is 5.75 Å². The van der Waals surface area contributed by atoms with Gasteiger partial charge in [-0.25, -0.2) is 4.79 Å². The van der Waals surface area contributed by atoms with Crippen molar-refractivity contribution in [2.24, 2.45) is 5.41 Å². The third-order valence-electron chi connectivity index (χ3n) is 6.93. The summed E-state index contributed by atoms with van der Waals surface area (Å²) in [5.74, 6) is 0.844. The highest BCUT2D eigenvalue weighted by atomic mass is 35.5. The Morgan fingerprint density at radius 1 is 1.00 bits per heavy atom. The van der Waals surface area contributed by atoms with Crippen molar-refractivity contribution in [3.05, 3.63) is 82.1 Å². The standard InChI is InChI=1S/C27H24Cl2F3N3O3/c28-22-7-6-18(23(29)24(22)37-20-4-2-1-3-5-20)15-34-16-26(17-34)8-10-35(11-9-26)25(36)38-21-12-19(13-33-14-21)27(30,31)32/h1-7,12-14H,8-11,15-17H2. The number of likely N-dealkylation sites (tertiary alicyclic amines) is 2. The number of carbonyl (C=O) groups excluding carboxylic acids is 1. The summed E-state index contributed by atoms with van der Waals surface area (Å²) in [7, 11) is 0. The smallest absolute Gasteiger partial charge is 0.418 e. The van der Waals surface area contributed by atoms with E-state index in [1.165, 1.54) is 4.90 Å². The third-order valence-corrected chi connectivity index (χ3v) is 7.64. The third kappa shape index (κ3) is 5.85. The maximum Gasteiger partial charge on any atom is 0.418 e. The van der Waals surface area contributed by atoms with Crippen molar-refractivity contribution in [3.63, 3.8) is 0 Å². The Balaban J connectivity index is 1.14. The lowest BCUT2D eigenvalue weighted by Gasteiger charge is -2.54. The molecule has 0 saturated carbocycles. The summed E-state index contributed by atoms with van der Waals surface area (Å²) in [6.45, 7) is 3.27.